The van der Waals surface area contributed by atoms with E-state index >= 15 is 0 Å². The van der Waals surface area contributed by atoms with Gasteiger partial charge in [0.15, 0.2) is 11.5 Å². The minimum absolute atomic E-state index is 0.0697. The fourth-order valence-electron chi connectivity index (χ4n) is 1.94. The molecule has 3 N–H and O–H groups in total. The van der Waals surface area contributed by atoms with Crippen LogP contribution in [-0.4, -0.2) is 25.3 Å². The highest BCUT2D eigenvalue weighted by atomic mass is 19.4. The maximum Gasteiger partial charge on any atom is 0.420 e. The highest BCUT2D eigenvalue weighted by molar-refractivity contribution is 5.66. The molecule has 0 saturated carbocycles. The molecule has 1 aromatic rings. The van der Waals surface area contributed by atoms with Gasteiger partial charge in [0.25, 0.3) is 0 Å². The van der Waals surface area contributed by atoms with Gasteiger partial charge in [-0.3, -0.25) is 4.79 Å². The number of hydrogen-bond donors (Lipinski definition) is 2. The summed E-state index contributed by atoms with van der Waals surface area (Å²) in [5.41, 5.74) is 5.11. The Labute approximate surface area is 119 Å². The van der Waals surface area contributed by atoms with Gasteiger partial charge in [-0.15, -0.1) is 0 Å². The summed E-state index contributed by atoms with van der Waals surface area (Å²) in [5, 5.41) is 8.63. The number of methoxy groups -OCH3 is 2. The smallest absolute Gasteiger partial charge is 0.420 e. The van der Waals surface area contributed by atoms with Crippen LogP contribution in [0.4, 0.5) is 13.2 Å². The number of aliphatic carboxylic acids is 1. The molecule has 118 valence electrons. The number of carboxylic acids is 1. The summed E-state index contributed by atoms with van der Waals surface area (Å²) in [6, 6.07) is 1.25. The van der Waals surface area contributed by atoms with E-state index in [2.05, 4.69) is 0 Å². The Balaban J connectivity index is 3.26. The molecule has 1 atom stereocenters. The van der Waals surface area contributed by atoms with Crippen LogP contribution in [0.1, 0.15) is 30.0 Å². The lowest BCUT2D eigenvalue weighted by atomic mass is 9.99. The lowest BCUT2D eigenvalue weighted by molar-refractivity contribution is -0.139. The third kappa shape index (κ3) is 4.01. The van der Waals surface area contributed by atoms with Gasteiger partial charge in [0, 0.05) is 18.0 Å². The highest BCUT2D eigenvalue weighted by Gasteiger charge is 2.37. The maximum atomic E-state index is 12.9. The number of carbonyl (C=O) groups is 1. The van der Waals surface area contributed by atoms with E-state index < -0.39 is 29.5 Å². The van der Waals surface area contributed by atoms with Gasteiger partial charge < -0.3 is 20.3 Å². The number of nitrogens with two attached hydrogens (primary N) is 1. The average molecular weight is 307 g/mol. The molecule has 0 spiro atoms. The van der Waals surface area contributed by atoms with Crippen molar-refractivity contribution in [2.24, 2.45) is 5.73 Å². The van der Waals surface area contributed by atoms with E-state index in [9.17, 15) is 18.0 Å². The zero-order valence-electron chi connectivity index (χ0n) is 11.5. The first-order valence-electron chi connectivity index (χ1n) is 6.01. The Morgan fingerprint density at radius 2 is 1.86 bits per heavy atom. The fraction of sp³-hybridized carbons (Fsp3) is 0.462. The van der Waals surface area contributed by atoms with Crippen LogP contribution in [0.15, 0.2) is 12.1 Å². The quantitative estimate of drug-likeness (QED) is 0.844. The van der Waals surface area contributed by atoms with Crippen molar-refractivity contribution in [3.63, 3.8) is 0 Å². The monoisotopic (exact) mass is 307 g/mol. The normalized spacial score (nSPS) is 12.9. The third-order valence-corrected chi connectivity index (χ3v) is 2.92. The van der Waals surface area contributed by atoms with Crippen molar-refractivity contribution in [2.75, 3.05) is 14.2 Å². The molecule has 0 fully saturated rings. The van der Waals surface area contributed by atoms with E-state index in [0.717, 1.165) is 13.2 Å². The summed E-state index contributed by atoms with van der Waals surface area (Å²) >= 11 is 0. The summed E-state index contributed by atoms with van der Waals surface area (Å²) in [6.07, 6.45) is -4.73. The number of ether oxygens (including phenoxy) is 2. The van der Waals surface area contributed by atoms with Crippen LogP contribution in [0.2, 0.25) is 0 Å². The largest absolute Gasteiger partial charge is 0.492 e. The van der Waals surface area contributed by atoms with Crippen molar-refractivity contribution < 1.29 is 32.5 Å². The molecule has 0 bridgehead atoms. The number of alkyl halides is 3. The van der Waals surface area contributed by atoms with Crippen molar-refractivity contribution >= 4 is 5.97 Å². The Bertz CT molecular complexity index is 517. The fourth-order valence-corrected chi connectivity index (χ4v) is 1.94. The van der Waals surface area contributed by atoms with E-state index in [0.29, 0.717) is 0 Å². The second kappa shape index (κ2) is 6.66. The van der Waals surface area contributed by atoms with Gasteiger partial charge >= 0.3 is 12.1 Å². The number of hydrogen-bond acceptors (Lipinski definition) is 4. The topological polar surface area (TPSA) is 81.8 Å². The van der Waals surface area contributed by atoms with E-state index in [1.54, 1.807) is 0 Å². The van der Waals surface area contributed by atoms with E-state index in [-0.39, 0.29) is 24.2 Å². The SMILES string of the molecule is COc1c(C(N)CCC(=O)O)ccc(C(F)(F)F)c1OC. The van der Waals surface area contributed by atoms with Gasteiger partial charge in [-0.05, 0) is 12.5 Å². The molecule has 5 nitrogen and oxygen atoms in total. The molecular formula is C13H16F3NO4. The molecule has 0 amide bonds. The summed E-state index contributed by atoms with van der Waals surface area (Å²) in [5.74, 6) is -1.64. The van der Waals surface area contributed by atoms with Crippen molar-refractivity contribution in [3.05, 3.63) is 23.3 Å². The predicted octanol–water partition coefficient (Wildman–Crippen LogP) is 2.59. The second-order valence-corrected chi connectivity index (χ2v) is 4.31. The van der Waals surface area contributed by atoms with Gasteiger partial charge in [0.2, 0.25) is 0 Å². The van der Waals surface area contributed by atoms with Gasteiger partial charge in [-0.1, -0.05) is 6.07 Å². The molecule has 0 aliphatic rings. The Hall–Kier alpha value is -1.96. The third-order valence-electron chi connectivity index (χ3n) is 2.92. The van der Waals surface area contributed by atoms with Crippen molar-refractivity contribution in [1.29, 1.82) is 0 Å². The molecular weight excluding hydrogens is 291 g/mol. The van der Waals surface area contributed by atoms with Gasteiger partial charge in [0.05, 0.1) is 14.2 Å². The Morgan fingerprint density at radius 3 is 2.29 bits per heavy atom. The number of rotatable bonds is 6. The van der Waals surface area contributed by atoms with Crippen molar-refractivity contribution in [3.8, 4) is 11.5 Å². The van der Waals surface area contributed by atoms with Crippen LogP contribution >= 0.6 is 0 Å². The Morgan fingerprint density at radius 1 is 1.29 bits per heavy atom. The molecule has 1 rings (SSSR count). The lowest BCUT2D eigenvalue weighted by Gasteiger charge is -2.20. The van der Waals surface area contributed by atoms with Crippen LogP contribution in [0.5, 0.6) is 11.5 Å². The summed E-state index contributed by atoms with van der Waals surface area (Å²) < 4.78 is 48.5. The average Bonchev–Trinajstić information content (AvgIpc) is 2.41. The van der Waals surface area contributed by atoms with Crippen LogP contribution in [0.3, 0.4) is 0 Å². The van der Waals surface area contributed by atoms with Gasteiger partial charge in [0.1, 0.15) is 5.56 Å². The van der Waals surface area contributed by atoms with Crippen LogP contribution in [0.25, 0.3) is 0 Å². The molecule has 0 saturated heterocycles. The number of halogens is 3. The molecule has 8 heteroatoms. The van der Waals surface area contributed by atoms with Gasteiger partial charge in [-0.2, -0.15) is 13.2 Å². The second-order valence-electron chi connectivity index (χ2n) is 4.31. The standard InChI is InChI=1S/C13H16F3NO4/c1-20-11-7(9(17)5-6-10(18)19)3-4-8(12(11)21-2)13(14,15)16/h3-4,9H,5-6,17H2,1-2H3,(H,18,19). The first-order chi connectivity index (χ1) is 9.72. The predicted molar refractivity (Wildman–Crippen MR) is 68.3 cm³/mol. The van der Waals surface area contributed by atoms with Crippen LogP contribution in [0, 0.1) is 0 Å². The van der Waals surface area contributed by atoms with E-state index in [1.165, 1.54) is 13.2 Å². The highest BCUT2D eigenvalue weighted by Crippen LogP contribution is 2.44. The lowest BCUT2D eigenvalue weighted by Crippen LogP contribution is -2.16. The first-order valence-corrected chi connectivity index (χ1v) is 6.01. The summed E-state index contributed by atoms with van der Waals surface area (Å²) in [7, 11) is 2.30. The molecule has 0 radical (unpaired) electrons. The zero-order valence-corrected chi connectivity index (χ0v) is 11.5. The van der Waals surface area contributed by atoms with Gasteiger partial charge in [-0.25, -0.2) is 0 Å². The van der Waals surface area contributed by atoms with Crippen LogP contribution in [-0.2, 0) is 11.0 Å². The molecule has 0 aliphatic heterocycles. The molecule has 0 heterocycles. The minimum atomic E-state index is -4.59. The Kier molecular flexibility index (Phi) is 5.42. The zero-order chi connectivity index (χ0) is 16.2. The summed E-state index contributed by atoms with van der Waals surface area (Å²) in [6.45, 7) is 0. The molecule has 0 aliphatic carbocycles. The molecule has 1 aromatic carbocycles. The van der Waals surface area contributed by atoms with Crippen molar-refractivity contribution in [2.45, 2.75) is 25.1 Å². The summed E-state index contributed by atoms with van der Waals surface area (Å²) in [4.78, 5) is 10.5. The number of benzene rings is 1. The molecule has 1 unspecified atom stereocenters. The minimum Gasteiger partial charge on any atom is -0.492 e. The molecule has 0 aromatic heterocycles. The van der Waals surface area contributed by atoms with E-state index in [4.69, 9.17) is 20.3 Å². The first kappa shape index (κ1) is 17.1. The van der Waals surface area contributed by atoms with Crippen LogP contribution < -0.4 is 15.2 Å². The van der Waals surface area contributed by atoms with E-state index in [1.807, 2.05) is 0 Å². The number of carboxylic acid groups (broad SMARTS) is 1. The maximum absolute atomic E-state index is 12.9. The van der Waals surface area contributed by atoms with Crippen molar-refractivity contribution in [1.82, 2.24) is 0 Å². The molecule has 21 heavy (non-hydrogen) atoms.